The van der Waals surface area contributed by atoms with Gasteiger partial charge < -0.3 is 35.8 Å². The maximum absolute atomic E-state index is 14.3. The second-order valence-electron chi connectivity index (χ2n) is 13.0. The zero-order valence-electron chi connectivity index (χ0n) is 27.8. The lowest BCUT2D eigenvalue weighted by Gasteiger charge is -2.35. The molecule has 12 heteroatoms. The number of aliphatic hydroxyl groups is 1. The average Bonchev–Trinajstić information content (AvgIpc) is 2.93. The van der Waals surface area contributed by atoms with Gasteiger partial charge in [0.25, 0.3) is 0 Å². The summed E-state index contributed by atoms with van der Waals surface area (Å²) in [5, 5.41) is 15.4. The van der Waals surface area contributed by atoms with Crippen molar-refractivity contribution in [1.29, 1.82) is 0 Å². The van der Waals surface area contributed by atoms with Gasteiger partial charge in [0.05, 0.1) is 6.61 Å². The number of hydrogen-bond acceptors (Lipinski definition) is 8. The summed E-state index contributed by atoms with van der Waals surface area (Å²) >= 11 is 0. The first kappa shape index (κ1) is 37.7. The Morgan fingerprint density at radius 1 is 0.848 bits per heavy atom. The van der Waals surface area contributed by atoms with Gasteiger partial charge in [0.15, 0.2) is 0 Å². The molecule has 4 amide bonds. The Morgan fingerprint density at radius 3 is 1.98 bits per heavy atom. The number of nitrogens with zero attached hydrogens (tertiary/aromatic N) is 1. The van der Waals surface area contributed by atoms with E-state index in [4.69, 9.17) is 15.2 Å². The molecule has 0 fully saturated rings. The van der Waals surface area contributed by atoms with Crippen LogP contribution in [0.1, 0.15) is 77.1 Å². The fourth-order valence-electron chi connectivity index (χ4n) is 4.68. The Labute approximate surface area is 271 Å². The van der Waals surface area contributed by atoms with Gasteiger partial charge >= 0.3 is 12.1 Å². The number of benzene rings is 2. The maximum Gasteiger partial charge on any atom is 0.408 e. The zero-order chi connectivity index (χ0) is 34.7. The summed E-state index contributed by atoms with van der Waals surface area (Å²) in [7, 11) is 0. The summed E-state index contributed by atoms with van der Waals surface area (Å²) in [6.07, 6.45) is -1.24. The van der Waals surface area contributed by atoms with Gasteiger partial charge in [-0.05, 0) is 71.6 Å². The molecule has 252 valence electrons. The van der Waals surface area contributed by atoms with Crippen molar-refractivity contribution in [3.8, 4) is 0 Å². The second-order valence-corrected chi connectivity index (χ2v) is 13.0. The van der Waals surface area contributed by atoms with Crippen LogP contribution in [0.2, 0.25) is 0 Å². The quantitative estimate of drug-likeness (QED) is 0.228. The van der Waals surface area contributed by atoms with E-state index < -0.39 is 65.7 Å². The first-order chi connectivity index (χ1) is 21.4. The highest BCUT2D eigenvalue weighted by Gasteiger charge is 2.38. The van der Waals surface area contributed by atoms with E-state index in [0.717, 1.165) is 10.5 Å². The van der Waals surface area contributed by atoms with Crippen molar-refractivity contribution in [2.24, 2.45) is 5.73 Å². The number of ether oxygens (including phenoxy) is 2. The number of rotatable bonds is 14. The molecule has 12 nitrogen and oxygen atoms in total. The van der Waals surface area contributed by atoms with E-state index in [1.165, 1.54) is 0 Å². The number of nitrogens with two attached hydrogens (primary N) is 1. The molecule has 0 saturated heterocycles. The highest BCUT2D eigenvalue weighted by molar-refractivity contribution is 5.94. The molecule has 5 N–H and O–H groups in total. The molecule has 3 atom stereocenters. The Bertz CT molecular complexity index is 1350. The van der Waals surface area contributed by atoms with E-state index in [1.54, 1.807) is 72.7 Å². The molecule has 2 rings (SSSR count). The second kappa shape index (κ2) is 16.7. The van der Waals surface area contributed by atoms with Crippen LogP contribution in [-0.4, -0.2) is 76.2 Å². The summed E-state index contributed by atoms with van der Waals surface area (Å²) in [5.74, 6) is -2.85. The van der Waals surface area contributed by atoms with Crippen LogP contribution in [0, 0.1) is 6.92 Å². The van der Waals surface area contributed by atoms with Gasteiger partial charge in [-0.15, -0.1) is 0 Å². The lowest BCUT2D eigenvalue weighted by molar-refractivity contribution is -0.159. The molecule has 0 spiro atoms. The molecule has 0 bridgehead atoms. The predicted molar refractivity (Wildman–Crippen MR) is 172 cm³/mol. The van der Waals surface area contributed by atoms with Crippen molar-refractivity contribution in [2.45, 2.75) is 97.1 Å². The van der Waals surface area contributed by atoms with E-state index in [9.17, 15) is 29.1 Å². The molecule has 3 unspecified atom stereocenters. The zero-order valence-corrected chi connectivity index (χ0v) is 27.8. The van der Waals surface area contributed by atoms with Gasteiger partial charge in [0.1, 0.15) is 29.3 Å². The molecular formula is C34H48N4O8. The highest BCUT2D eigenvalue weighted by Crippen LogP contribution is 2.27. The number of carbonyl (C=O) groups excluding carboxylic acids is 5. The molecule has 46 heavy (non-hydrogen) atoms. The van der Waals surface area contributed by atoms with E-state index in [0.29, 0.717) is 11.1 Å². The van der Waals surface area contributed by atoms with Crippen molar-refractivity contribution < 1.29 is 38.6 Å². The molecule has 0 aromatic heterocycles. The average molecular weight is 641 g/mol. The van der Waals surface area contributed by atoms with Crippen molar-refractivity contribution in [1.82, 2.24) is 15.5 Å². The number of alkyl carbamates (subject to hydrolysis) is 1. The summed E-state index contributed by atoms with van der Waals surface area (Å²) in [6.45, 7) is 11.0. The molecule has 2 aromatic rings. The number of aliphatic hydroxyl groups excluding tert-OH is 1. The van der Waals surface area contributed by atoms with Gasteiger partial charge in [-0.1, -0.05) is 54.6 Å². The first-order valence-electron chi connectivity index (χ1n) is 15.2. The molecular weight excluding hydrogens is 592 g/mol. The predicted octanol–water partition coefficient (Wildman–Crippen LogP) is 3.09. The van der Waals surface area contributed by atoms with Crippen molar-refractivity contribution in [3.05, 3.63) is 71.3 Å². The topological polar surface area (TPSA) is 177 Å². The number of hydrogen-bond donors (Lipinski definition) is 4. The Morgan fingerprint density at radius 2 is 1.43 bits per heavy atom. The molecule has 0 aliphatic carbocycles. The molecule has 0 heterocycles. The molecule has 0 radical (unpaired) electrons. The minimum absolute atomic E-state index is 0.108. The van der Waals surface area contributed by atoms with Crippen LogP contribution >= 0.6 is 0 Å². The van der Waals surface area contributed by atoms with Crippen LogP contribution in [0.5, 0.6) is 0 Å². The minimum Gasteiger partial charge on any atom is -0.458 e. The van der Waals surface area contributed by atoms with E-state index in [-0.39, 0.29) is 25.8 Å². The number of esters is 1. The summed E-state index contributed by atoms with van der Waals surface area (Å²) in [4.78, 5) is 67.4. The van der Waals surface area contributed by atoms with Gasteiger partial charge in [0, 0.05) is 19.4 Å². The normalized spacial score (nSPS) is 13.5. The Kier molecular flexibility index (Phi) is 13.7. The monoisotopic (exact) mass is 640 g/mol. The fraction of sp³-hybridized carbons (Fsp3) is 0.500. The molecule has 0 aliphatic rings. The van der Waals surface area contributed by atoms with Crippen LogP contribution in [0.4, 0.5) is 4.79 Å². The number of amides is 4. The standard InChI is InChI=1S/C34H48N4O8/c1-22-13-11-12-16-24(22)28(29(41)36-26(31(43)45-33(2,3)4)21-23-14-9-8-10-15-23)38(19-20-39)30(42)25(17-18-27(35)40)37-32(44)46-34(5,6)7/h8-16,25-26,28,39H,17-21H2,1-7H3,(H2,35,40)(H,36,41)(H,37,44). The third kappa shape index (κ3) is 12.5. The first-order valence-corrected chi connectivity index (χ1v) is 15.2. The molecule has 0 aliphatic heterocycles. The highest BCUT2D eigenvalue weighted by atomic mass is 16.6. The number of nitrogens with one attached hydrogen (secondary N) is 2. The summed E-state index contributed by atoms with van der Waals surface area (Å²) in [6, 6.07) is 12.2. The summed E-state index contributed by atoms with van der Waals surface area (Å²) < 4.78 is 11.0. The number of aryl methyl sites for hydroxylation is 1. The van der Waals surface area contributed by atoms with Gasteiger partial charge in [-0.2, -0.15) is 0 Å². The number of carbonyl (C=O) groups is 5. The smallest absolute Gasteiger partial charge is 0.408 e. The third-order valence-corrected chi connectivity index (χ3v) is 6.63. The Hall–Kier alpha value is -4.45. The molecule has 2 aromatic carbocycles. The minimum atomic E-state index is -1.35. The largest absolute Gasteiger partial charge is 0.458 e. The van der Waals surface area contributed by atoms with Crippen LogP contribution in [-0.2, 0) is 35.1 Å². The van der Waals surface area contributed by atoms with Gasteiger partial charge in [-0.3, -0.25) is 14.4 Å². The fourth-order valence-corrected chi connectivity index (χ4v) is 4.68. The van der Waals surface area contributed by atoms with E-state index in [2.05, 4.69) is 10.6 Å². The van der Waals surface area contributed by atoms with E-state index in [1.807, 2.05) is 30.3 Å². The van der Waals surface area contributed by atoms with Crippen molar-refractivity contribution in [3.63, 3.8) is 0 Å². The van der Waals surface area contributed by atoms with Crippen LogP contribution in [0.25, 0.3) is 0 Å². The van der Waals surface area contributed by atoms with Crippen molar-refractivity contribution >= 4 is 29.8 Å². The third-order valence-electron chi connectivity index (χ3n) is 6.63. The van der Waals surface area contributed by atoms with Gasteiger partial charge in [-0.25, -0.2) is 9.59 Å². The van der Waals surface area contributed by atoms with Crippen LogP contribution < -0.4 is 16.4 Å². The van der Waals surface area contributed by atoms with Crippen LogP contribution in [0.15, 0.2) is 54.6 Å². The lowest BCUT2D eigenvalue weighted by atomic mass is 9.96. The lowest BCUT2D eigenvalue weighted by Crippen LogP contribution is -2.55. The number of primary amides is 1. The van der Waals surface area contributed by atoms with E-state index >= 15 is 0 Å². The summed E-state index contributed by atoms with van der Waals surface area (Å²) in [5.41, 5.74) is 5.49. The van der Waals surface area contributed by atoms with Gasteiger partial charge in [0.2, 0.25) is 17.7 Å². The Balaban J connectivity index is 2.59. The van der Waals surface area contributed by atoms with Crippen LogP contribution in [0.3, 0.4) is 0 Å². The van der Waals surface area contributed by atoms with Crippen molar-refractivity contribution in [2.75, 3.05) is 13.2 Å². The molecule has 0 saturated carbocycles. The SMILES string of the molecule is Cc1ccccc1C(C(=O)NC(Cc1ccccc1)C(=O)OC(C)(C)C)N(CCO)C(=O)C(CCC(N)=O)NC(=O)OC(C)(C)C. The maximum atomic E-state index is 14.3.